The Morgan fingerprint density at radius 2 is 1.50 bits per heavy atom. The lowest BCUT2D eigenvalue weighted by Crippen LogP contribution is -2.42. The lowest BCUT2D eigenvalue weighted by atomic mass is 10.1. The van der Waals surface area contributed by atoms with Crippen molar-refractivity contribution < 1.29 is 24.8 Å². The fourth-order valence-electron chi connectivity index (χ4n) is 3.64. The van der Waals surface area contributed by atoms with E-state index in [1.54, 1.807) is 0 Å². The zero-order valence-electron chi connectivity index (χ0n) is 17.9. The first-order valence-electron chi connectivity index (χ1n) is 11.6. The van der Waals surface area contributed by atoms with Crippen LogP contribution in [0.3, 0.4) is 0 Å². The largest absolute Gasteiger partial charge is 0.394 e. The van der Waals surface area contributed by atoms with Crippen LogP contribution in [0, 0.1) is 0 Å². The highest BCUT2D eigenvalue weighted by molar-refractivity contribution is 4.89. The second-order valence-electron chi connectivity index (χ2n) is 8.03. The summed E-state index contributed by atoms with van der Waals surface area (Å²) in [5, 5.41) is 28.6. The number of allylic oxidation sites excluding steroid dienone is 2. The number of hydrogen-bond acceptors (Lipinski definition) is 5. The zero-order valence-corrected chi connectivity index (χ0v) is 17.9. The predicted octanol–water partition coefficient (Wildman–Crippen LogP) is 4.13. The molecule has 5 nitrogen and oxygen atoms in total. The van der Waals surface area contributed by atoms with Crippen LogP contribution in [-0.4, -0.2) is 59.6 Å². The molecule has 0 aliphatic carbocycles. The summed E-state index contributed by atoms with van der Waals surface area (Å²) in [5.41, 5.74) is 0. The van der Waals surface area contributed by atoms with Gasteiger partial charge in [0, 0.05) is 6.61 Å². The minimum absolute atomic E-state index is 0.154. The standard InChI is InChI=1S/C23H44O5/c1-2-3-4-5-6-7-8-9-10-11-12-13-14-15-16-17-27-23-21(26)19-28-22(23)20(25)18-24/h5-6,20-26H,2-4,7-19H2,1H3/b6-5+/t20-,21+,22+,23+/m0/s1. The molecule has 28 heavy (non-hydrogen) atoms. The van der Waals surface area contributed by atoms with E-state index in [2.05, 4.69) is 19.1 Å². The summed E-state index contributed by atoms with van der Waals surface area (Å²) < 4.78 is 11.0. The fraction of sp³-hybridized carbons (Fsp3) is 0.913. The van der Waals surface area contributed by atoms with Gasteiger partial charge in [-0.2, -0.15) is 0 Å². The predicted molar refractivity (Wildman–Crippen MR) is 113 cm³/mol. The fourth-order valence-corrected chi connectivity index (χ4v) is 3.64. The van der Waals surface area contributed by atoms with Crippen LogP contribution in [0.15, 0.2) is 12.2 Å². The van der Waals surface area contributed by atoms with Gasteiger partial charge in [-0.3, -0.25) is 0 Å². The van der Waals surface area contributed by atoms with Crippen LogP contribution in [0.2, 0.25) is 0 Å². The summed E-state index contributed by atoms with van der Waals surface area (Å²) in [4.78, 5) is 0. The summed E-state index contributed by atoms with van der Waals surface area (Å²) in [6.45, 7) is 2.57. The minimum atomic E-state index is -1.00. The number of unbranched alkanes of at least 4 members (excludes halogenated alkanes) is 11. The van der Waals surface area contributed by atoms with E-state index in [1.807, 2.05) is 0 Å². The summed E-state index contributed by atoms with van der Waals surface area (Å²) in [5.74, 6) is 0. The van der Waals surface area contributed by atoms with Crippen molar-refractivity contribution in [1.29, 1.82) is 0 Å². The van der Waals surface area contributed by atoms with E-state index >= 15 is 0 Å². The molecule has 3 N–H and O–H groups in total. The Labute approximate surface area is 172 Å². The third-order valence-electron chi connectivity index (χ3n) is 5.45. The van der Waals surface area contributed by atoms with Crippen molar-refractivity contribution >= 4 is 0 Å². The molecule has 1 heterocycles. The van der Waals surface area contributed by atoms with Crippen LogP contribution < -0.4 is 0 Å². The highest BCUT2D eigenvalue weighted by atomic mass is 16.6. The molecule has 0 amide bonds. The Bertz CT molecular complexity index is 374. The van der Waals surface area contributed by atoms with Crippen LogP contribution in [-0.2, 0) is 9.47 Å². The van der Waals surface area contributed by atoms with Crippen LogP contribution in [0.25, 0.3) is 0 Å². The average molecular weight is 401 g/mol. The van der Waals surface area contributed by atoms with Crippen LogP contribution >= 0.6 is 0 Å². The SMILES string of the molecule is CCCC/C=C/CCCCCCCCCCCO[C@H]1[C@@H]([C@@H](O)CO)OC[C@H]1O. The van der Waals surface area contributed by atoms with Gasteiger partial charge in [0.05, 0.1) is 13.2 Å². The normalized spacial score (nSPS) is 23.6. The van der Waals surface area contributed by atoms with Crippen molar-refractivity contribution in [1.82, 2.24) is 0 Å². The number of aliphatic hydroxyl groups is 3. The van der Waals surface area contributed by atoms with Crippen molar-refractivity contribution in [3.05, 3.63) is 12.2 Å². The Kier molecular flexibility index (Phi) is 15.9. The van der Waals surface area contributed by atoms with Crippen molar-refractivity contribution in [3.8, 4) is 0 Å². The first-order valence-corrected chi connectivity index (χ1v) is 11.6. The lowest BCUT2D eigenvalue weighted by Gasteiger charge is -2.23. The highest BCUT2D eigenvalue weighted by Gasteiger charge is 2.40. The maximum Gasteiger partial charge on any atom is 0.114 e. The highest BCUT2D eigenvalue weighted by Crippen LogP contribution is 2.21. The summed E-state index contributed by atoms with van der Waals surface area (Å²) in [7, 11) is 0. The van der Waals surface area contributed by atoms with Gasteiger partial charge in [-0.1, -0.05) is 76.9 Å². The molecule has 5 heteroatoms. The second-order valence-corrected chi connectivity index (χ2v) is 8.03. The first-order chi connectivity index (χ1) is 13.7. The molecule has 0 spiro atoms. The Morgan fingerprint density at radius 1 is 0.929 bits per heavy atom. The Morgan fingerprint density at radius 3 is 2.11 bits per heavy atom. The van der Waals surface area contributed by atoms with Gasteiger partial charge < -0.3 is 24.8 Å². The van der Waals surface area contributed by atoms with Gasteiger partial charge in [-0.15, -0.1) is 0 Å². The first kappa shape index (κ1) is 25.6. The van der Waals surface area contributed by atoms with Crippen molar-refractivity contribution in [2.24, 2.45) is 0 Å². The topological polar surface area (TPSA) is 79.2 Å². The molecule has 1 saturated heterocycles. The summed E-state index contributed by atoms with van der Waals surface area (Å²) in [6.07, 6.45) is 18.1. The molecule has 0 saturated carbocycles. The second kappa shape index (κ2) is 17.4. The average Bonchev–Trinajstić information content (AvgIpc) is 3.07. The van der Waals surface area contributed by atoms with Gasteiger partial charge >= 0.3 is 0 Å². The number of aliphatic hydroxyl groups excluding tert-OH is 3. The lowest BCUT2D eigenvalue weighted by molar-refractivity contribution is -0.0938. The van der Waals surface area contributed by atoms with Gasteiger partial charge in [-0.25, -0.2) is 0 Å². The van der Waals surface area contributed by atoms with Gasteiger partial charge in [0.1, 0.15) is 24.4 Å². The Balaban J connectivity index is 1.87. The van der Waals surface area contributed by atoms with Crippen LogP contribution in [0.5, 0.6) is 0 Å². The maximum absolute atomic E-state index is 9.88. The third-order valence-corrected chi connectivity index (χ3v) is 5.45. The third kappa shape index (κ3) is 11.5. The summed E-state index contributed by atoms with van der Waals surface area (Å²) >= 11 is 0. The molecular weight excluding hydrogens is 356 g/mol. The zero-order chi connectivity index (χ0) is 20.5. The Hall–Kier alpha value is -0.460. The van der Waals surface area contributed by atoms with Crippen molar-refractivity contribution in [2.45, 2.75) is 115 Å². The molecule has 0 aromatic rings. The van der Waals surface area contributed by atoms with Crippen molar-refractivity contribution in [3.63, 3.8) is 0 Å². The maximum atomic E-state index is 9.88. The number of hydrogen-bond donors (Lipinski definition) is 3. The quantitative estimate of drug-likeness (QED) is 0.238. The van der Waals surface area contributed by atoms with Crippen LogP contribution in [0.4, 0.5) is 0 Å². The molecule has 1 aliphatic heterocycles. The van der Waals surface area contributed by atoms with E-state index in [-0.39, 0.29) is 13.2 Å². The minimum Gasteiger partial charge on any atom is -0.394 e. The van der Waals surface area contributed by atoms with E-state index in [4.69, 9.17) is 14.6 Å². The molecule has 0 aromatic heterocycles. The molecule has 1 fully saturated rings. The summed E-state index contributed by atoms with van der Waals surface area (Å²) in [6, 6.07) is 0. The molecule has 1 rings (SSSR count). The molecule has 1 aliphatic rings. The van der Waals surface area contributed by atoms with E-state index in [1.165, 1.54) is 70.6 Å². The molecule has 0 unspecified atom stereocenters. The molecule has 0 bridgehead atoms. The van der Waals surface area contributed by atoms with Gasteiger partial charge in [0.2, 0.25) is 0 Å². The van der Waals surface area contributed by atoms with E-state index in [9.17, 15) is 10.2 Å². The van der Waals surface area contributed by atoms with E-state index in [0.717, 1.165) is 12.8 Å². The molecule has 0 aromatic carbocycles. The molecule has 0 radical (unpaired) electrons. The number of ether oxygens (including phenoxy) is 2. The van der Waals surface area contributed by atoms with Crippen molar-refractivity contribution in [2.75, 3.05) is 19.8 Å². The van der Waals surface area contributed by atoms with Gasteiger partial charge in [-0.05, 0) is 25.7 Å². The monoisotopic (exact) mass is 400 g/mol. The smallest absolute Gasteiger partial charge is 0.114 e. The van der Waals surface area contributed by atoms with Crippen LogP contribution in [0.1, 0.15) is 90.4 Å². The number of rotatable bonds is 18. The molecule has 166 valence electrons. The van der Waals surface area contributed by atoms with Gasteiger partial charge in [0.15, 0.2) is 0 Å². The van der Waals surface area contributed by atoms with E-state index in [0.29, 0.717) is 6.61 Å². The van der Waals surface area contributed by atoms with Gasteiger partial charge in [0.25, 0.3) is 0 Å². The molecular formula is C23H44O5. The van der Waals surface area contributed by atoms with E-state index < -0.39 is 24.4 Å². The molecule has 4 atom stereocenters.